The Morgan fingerprint density at radius 3 is 2.47 bits per heavy atom. The Kier molecular flexibility index (Phi) is 4.84. The molecule has 0 bridgehead atoms. The highest BCUT2D eigenvalue weighted by molar-refractivity contribution is 5.83. The lowest BCUT2D eigenvalue weighted by atomic mass is 9.86. The third kappa shape index (κ3) is 4.66. The molecule has 1 rings (SSSR count). The van der Waals surface area contributed by atoms with Crippen LogP contribution in [0.5, 0.6) is 0 Å². The summed E-state index contributed by atoms with van der Waals surface area (Å²) in [6.45, 7) is 1.73. The normalized spacial score (nSPS) is 19.7. The molecule has 0 aromatic carbocycles. The predicted octanol–water partition coefficient (Wildman–Crippen LogP) is 1.49. The number of hydrogen-bond donors (Lipinski definition) is 1. The lowest BCUT2D eigenvalue weighted by Crippen LogP contribution is -2.38. The van der Waals surface area contributed by atoms with Crippen molar-refractivity contribution < 1.29 is 23.1 Å². The summed E-state index contributed by atoms with van der Waals surface area (Å²) in [5.41, 5.74) is 0. The summed E-state index contributed by atoms with van der Waals surface area (Å²) in [4.78, 5) is 22.5. The Hall–Kier alpha value is -1.20. The number of rotatable bonds is 4. The van der Waals surface area contributed by atoms with Crippen molar-refractivity contribution >= 4 is 11.9 Å². The van der Waals surface area contributed by atoms with Gasteiger partial charge in [-0.1, -0.05) is 0 Å². The molecule has 1 N–H and O–H groups in total. The Bertz CT molecular complexity index is 284. The molecule has 0 unspecified atom stereocenters. The average Bonchev–Trinajstić information content (AvgIpc) is 2.26. The van der Waals surface area contributed by atoms with Crippen LogP contribution in [0.2, 0.25) is 0 Å². The number of carbonyl (C=O) groups excluding carboxylic acids is 2. The summed E-state index contributed by atoms with van der Waals surface area (Å²) in [5.74, 6) is -3.91. The molecule has 1 aliphatic carbocycles. The zero-order chi connectivity index (χ0) is 12.9. The second-order valence-corrected chi connectivity index (χ2v) is 4.15. The number of nitrogens with one attached hydrogen (secondary N) is 1. The fraction of sp³-hybridized carbons (Fsp3) is 0.818. The zero-order valence-corrected chi connectivity index (χ0v) is 9.80. The lowest BCUT2D eigenvalue weighted by Gasteiger charge is -2.27. The van der Waals surface area contributed by atoms with Gasteiger partial charge in [0.15, 0.2) is 0 Å². The third-order valence-electron chi connectivity index (χ3n) is 2.80. The van der Waals surface area contributed by atoms with Crippen LogP contribution < -0.4 is 5.32 Å². The number of carbonyl (C=O) groups is 2. The van der Waals surface area contributed by atoms with E-state index in [0.29, 0.717) is 0 Å². The molecule has 0 heterocycles. The number of esters is 1. The SMILES string of the molecule is CCOC(=O)CNC(=O)C1CCC(F)(F)CC1. The zero-order valence-electron chi connectivity index (χ0n) is 9.80. The van der Waals surface area contributed by atoms with Gasteiger partial charge in [-0.3, -0.25) is 9.59 Å². The summed E-state index contributed by atoms with van der Waals surface area (Å²) >= 11 is 0. The van der Waals surface area contributed by atoms with Crippen molar-refractivity contribution in [2.24, 2.45) is 5.92 Å². The van der Waals surface area contributed by atoms with Crippen LogP contribution in [-0.2, 0) is 14.3 Å². The van der Waals surface area contributed by atoms with Crippen molar-refractivity contribution in [1.82, 2.24) is 5.32 Å². The number of halogens is 2. The number of alkyl halides is 2. The molecule has 0 saturated heterocycles. The van der Waals surface area contributed by atoms with Crippen LogP contribution in [0.15, 0.2) is 0 Å². The predicted molar refractivity (Wildman–Crippen MR) is 56.5 cm³/mol. The van der Waals surface area contributed by atoms with E-state index in [0.717, 1.165) is 0 Å². The molecule has 1 saturated carbocycles. The van der Waals surface area contributed by atoms with Gasteiger partial charge >= 0.3 is 5.97 Å². The van der Waals surface area contributed by atoms with Gasteiger partial charge in [-0.2, -0.15) is 0 Å². The van der Waals surface area contributed by atoms with Crippen molar-refractivity contribution in [2.45, 2.75) is 38.5 Å². The van der Waals surface area contributed by atoms with E-state index < -0.39 is 17.8 Å². The molecule has 1 amide bonds. The summed E-state index contributed by atoms with van der Waals surface area (Å²) in [5, 5.41) is 2.41. The van der Waals surface area contributed by atoms with E-state index in [4.69, 9.17) is 0 Å². The second-order valence-electron chi connectivity index (χ2n) is 4.15. The Morgan fingerprint density at radius 1 is 1.35 bits per heavy atom. The highest BCUT2D eigenvalue weighted by Crippen LogP contribution is 2.36. The van der Waals surface area contributed by atoms with E-state index in [-0.39, 0.29) is 44.7 Å². The summed E-state index contributed by atoms with van der Waals surface area (Å²) in [7, 11) is 0. The van der Waals surface area contributed by atoms with Crippen molar-refractivity contribution in [1.29, 1.82) is 0 Å². The molecule has 0 radical (unpaired) electrons. The highest BCUT2D eigenvalue weighted by atomic mass is 19.3. The van der Waals surface area contributed by atoms with Gasteiger partial charge in [-0.15, -0.1) is 0 Å². The van der Waals surface area contributed by atoms with Crippen LogP contribution in [0.4, 0.5) is 8.78 Å². The first-order chi connectivity index (χ1) is 7.94. The minimum absolute atomic E-state index is 0.168. The monoisotopic (exact) mass is 249 g/mol. The minimum Gasteiger partial charge on any atom is -0.465 e. The van der Waals surface area contributed by atoms with Gasteiger partial charge in [-0.05, 0) is 19.8 Å². The lowest BCUT2D eigenvalue weighted by molar-refractivity contribution is -0.144. The van der Waals surface area contributed by atoms with Crippen molar-refractivity contribution in [3.8, 4) is 0 Å². The van der Waals surface area contributed by atoms with E-state index in [1.165, 1.54) is 0 Å². The third-order valence-corrected chi connectivity index (χ3v) is 2.80. The average molecular weight is 249 g/mol. The molecule has 0 aromatic rings. The van der Waals surface area contributed by atoms with Gasteiger partial charge in [0.1, 0.15) is 6.54 Å². The Balaban J connectivity index is 2.27. The molecule has 0 aromatic heterocycles. The fourth-order valence-corrected chi connectivity index (χ4v) is 1.82. The molecule has 1 aliphatic rings. The Labute approximate surface area is 98.7 Å². The molecule has 0 aliphatic heterocycles. The van der Waals surface area contributed by atoms with Crippen LogP contribution in [0.25, 0.3) is 0 Å². The van der Waals surface area contributed by atoms with Crippen molar-refractivity contribution in [3.63, 3.8) is 0 Å². The van der Waals surface area contributed by atoms with E-state index in [9.17, 15) is 18.4 Å². The number of amides is 1. The smallest absolute Gasteiger partial charge is 0.325 e. The van der Waals surface area contributed by atoms with Gasteiger partial charge < -0.3 is 10.1 Å². The van der Waals surface area contributed by atoms with E-state index >= 15 is 0 Å². The first-order valence-electron chi connectivity index (χ1n) is 5.76. The maximum Gasteiger partial charge on any atom is 0.325 e. The molecule has 0 spiro atoms. The van der Waals surface area contributed by atoms with Crippen LogP contribution >= 0.6 is 0 Å². The van der Waals surface area contributed by atoms with Gasteiger partial charge in [0.2, 0.25) is 11.8 Å². The molecule has 1 fully saturated rings. The fourth-order valence-electron chi connectivity index (χ4n) is 1.82. The summed E-state index contributed by atoms with van der Waals surface area (Å²) < 4.78 is 30.3. The first kappa shape index (κ1) is 13.9. The second kappa shape index (κ2) is 5.93. The summed E-state index contributed by atoms with van der Waals surface area (Å²) in [6, 6.07) is 0. The molecule has 6 heteroatoms. The van der Waals surface area contributed by atoms with E-state index in [1.54, 1.807) is 6.92 Å². The van der Waals surface area contributed by atoms with Crippen LogP contribution in [0.3, 0.4) is 0 Å². The van der Waals surface area contributed by atoms with Gasteiger partial charge in [0.25, 0.3) is 0 Å². The van der Waals surface area contributed by atoms with Crippen LogP contribution in [0.1, 0.15) is 32.6 Å². The van der Waals surface area contributed by atoms with Gasteiger partial charge in [0, 0.05) is 18.8 Å². The van der Waals surface area contributed by atoms with Gasteiger partial charge in [0.05, 0.1) is 6.61 Å². The molecule has 17 heavy (non-hydrogen) atoms. The maximum atomic E-state index is 12.8. The van der Waals surface area contributed by atoms with E-state index in [1.807, 2.05) is 0 Å². The number of ether oxygens (including phenoxy) is 1. The van der Waals surface area contributed by atoms with Crippen molar-refractivity contribution in [3.05, 3.63) is 0 Å². The molecular formula is C11H17F2NO3. The van der Waals surface area contributed by atoms with Crippen LogP contribution in [-0.4, -0.2) is 31.0 Å². The van der Waals surface area contributed by atoms with Crippen LogP contribution in [0, 0.1) is 5.92 Å². The standard InChI is InChI=1S/C11H17F2NO3/c1-2-17-9(15)7-14-10(16)8-3-5-11(12,13)6-4-8/h8H,2-7H2,1H3,(H,14,16). The largest absolute Gasteiger partial charge is 0.465 e. The molecule has 98 valence electrons. The van der Waals surface area contributed by atoms with Crippen molar-refractivity contribution in [2.75, 3.05) is 13.2 Å². The van der Waals surface area contributed by atoms with Gasteiger partial charge in [-0.25, -0.2) is 8.78 Å². The Morgan fingerprint density at radius 2 is 1.94 bits per heavy atom. The van der Waals surface area contributed by atoms with E-state index in [2.05, 4.69) is 10.1 Å². The molecular weight excluding hydrogens is 232 g/mol. The first-order valence-corrected chi connectivity index (χ1v) is 5.76. The number of hydrogen-bond acceptors (Lipinski definition) is 3. The minimum atomic E-state index is -2.64. The molecule has 0 atom stereocenters. The molecule has 4 nitrogen and oxygen atoms in total. The highest BCUT2D eigenvalue weighted by Gasteiger charge is 2.37. The quantitative estimate of drug-likeness (QED) is 0.768. The topological polar surface area (TPSA) is 55.4 Å². The summed E-state index contributed by atoms with van der Waals surface area (Å²) in [6.07, 6.45) is -0.182. The maximum absolute atomic E-state index is 12.8.